The molecular weight excluding hydrogens is 254 g/mol. The predicted molar refractivity (Wildman–Crippen MR) is 82.0 cm³/mol. The lowest BCUT2D eigenvalue weighted by Gasteiger charge is -2.37. The molecule has 0 aromatic rings. The van der Waals surface area contributed by atoms with Crippen LogP contribution in [0, 0.1) is 0 Å². The van der Waals surface area contributed by atoms with Crippen molar-refractivity contribution in [2.45, 2.75) is 52.2 Å². The SMILES string of the molecule is CNC(C)(C)CCN1CCN(C(=O)OC(C)(C)C)CC1. The first-order chi connectivity index (χ1) is 9.13. The Morgan fingerprint density at radius 3 is 2.10 bits per heavy atom. The Bertz CT molecular complexity index is 316. The van der Waals surface area contributed by atoms with Crippen molar-refractivity contribution in [1.29, 1.82) is 0 Å². The van der Waals surface area contributed by atoms with Crippen LogP contribution < -0.4 is 5.32 Å². The molecule has 20 heavy (non-hydrogen) atoms. The molecule has 0 radical (unpaired) electrons. The molecule has 1 saturated heterocycles. The van der Waals surface area contributed by atoms with Crippen molar-refractivity contribution in [2.75, 3.05) is 39.8 Å². The van der Waals surface area contributed by atoms with Gasteiger partial charge in [-0.25, -0.2) is 4.79 Å². The van der Waals surface area contributed by atoms with Gasteiger partial charge in [0, 0.05) is 38.3 Å². The topological polar surface area (TPSA) is 44.8 Å². The maximum Gasteiger partial charge on any atom is 0.410 e. The van der Waals surface area contributed by atoms with E-state index in [1.807, 2.05) is 32.7 Å². The maximum atomic E-state index is 12.0. The molecule has 0 spiro atoms. The molecule has 5 nitrogen and oxygen atoms in total. The van der Waals surface area contributed by atoms with Crippen LogP contribution in [0.15, 0.2) is 0 Å². The van der Waals surface area contributed by atoms with Crippen LogP contribution in [0.4, 0.5) is 4.79 Å². The second-order valence-electron chi connectivity index (χ2n) is 7.19. The molecule has 0 saturated carbocycles. The largest absolute Gasteiger partial charge is 0.444 e. The van der Waals surface area contributed by atoms with Gasteiger partial charge < -0.3 is 15.0 Å². The van der Waals surface area contributed by atoms with Crippen LogP contribution in [0.1, 0.15) is 41.0 Å². The molecule has 1 rings (SSSR count). The minimum atomic E-state index is -0.412. The number of nitrogens with zero attached hydrogens (tertiary/aromatic N) is 2. The van der Waals surface area contributed by atoms with Gasteiger partial charge in [0.25, 0.3) is 0 Å². The Morgan fingerprint density at radius 1 is 1.10 bits per heavy atom. The van der Waals surface area contributed by atoms with E-state index in [4.69, 9.17) is 4.74 Å². The number of carbonyl (C=O) groups excluding carboxylic acids is 1. The number of hydrogen-bond donors (Lipinski definition) is 1. The van der Waals surface area contributed by atoms with E-state index < -0.39 is 5.60 Å². The van der Waals surface area contributed by atoms with E-state index in [1.165, 1.54) is 0 Å². The summed E-state index contributed by atoms with van der Waals surface area (Å²) in [6.45, 7) is 14.6. The van der Waals surface area contributed by atoms with Crippen molar-refractivity contribution < 1.29 is 9.53 Å². The number of rotatable bonds is 4. The number of piperazine rings is 1. The van der Waals surface area contributed by atoms with Crippen molar-refractivity contribution in [3.05, 3.63) is 0 Å². The van der Waals surface area contributed by atoms with E-state index in [0.29, 0.717) is 0 Å². The van der Waals surface area contributed by atoms with Crippen LogP contribution in [0.5, 0.6) is 0 Å². The number of hydrogen-bond acceptors (Lipinski definition) is 4. The molecule has 0 unspecified atom stereocenters. The fourth-order valence-electron chi connectivity index (χ4n) is 2.04. The highest BCUT2D eigenvalue weighted by molar-refractivity contribution is 5.68. The Balaban J connectivity index is 2.31. The molecule has 0 aromatic carbocycles. The normalized spacial score (nSPS) is 18.2. The second-order valence-corrected chi connectivity index (χ2v) is 7.19. The van der Waals surface area contributed by atoms with Gasteiger partial charge in [0.05, 0.1) is 0 Å². The Hall–Kier alpha value is -0.810. The van der Waals surface area contributed by atoms with E-state index in [9.17, 15) is 4.79 Å². The van der Waals surface area contributed by atoms with E-state index in [2.05, 4.69) is 24.1 Å². The summed E-state index contributed by atoms with van der Waals surface area (Å²) in [6, 6.07) is 0. The van der Waals surface area contributed by atoms with Crippen LogP contribution in [0.3, 0.4) is 0 Å². The third-order valence-electron chi connectivity index (χ3n) is 3.75. The Morgan fingerprint density at radius 2 is 1.65 bits per heavy atom. The van der Waals surface area contributed by atoms with Crippen molar-refractivity contribution in [3.8, 4) is 0 Å². The Labute approximate surface area is 123 Å². The van der Waals surface area contributed by atoms with Gasteiger partial charge in [-0.3, -0.25) is 4.90 Å². The van der Waals surface area contributed by atoms with Crippen LogP contribution in [0.2, 0.25) is 0 Å². The molecule has 0 bridgehead atoms. The van der Waals surface area contributed by atoms with Gasteiger partial charge >= 0.3 is 6.09 Å². The molecule has 0 aliphatic carbocycles. The summed E-state index contributed by atoms with van der Waals surface area (Å²) in [5, 5.41) is 3.32. The fourth-order valence-corrected chi connectivity index (χ4v) is 2.04. The molecular formula is C15H31N3O2. The number of ether oxygens (including phenoxy) is 1. The first-order valence-corrected chi connectivity index (χ1v) is 7.52. The van der Waals surface area contributed by atoms with Crippen LogP contribution in [-0.4, -0.2) is 66.8 Å². The lowest BCUT2D eigenvalue weighted by molar-refractivity contribution is 0.0139. The second kappa shape index (κ2) is 6.76. The van der Waals surface area contributed by atoms with Gasteiger partial charge in [0.1, 0.15) is 5.60 Å². The number of carbonyl (C=O) groups is 1. The third kappa shape index (κ3) is 6.09. The van der Waals surface area contributed by atoms with Gasteiger partial charge in [-0.15, -0.1) is 0 Å². The maximum absolute atomic E-state index is 12.0. The molecule has 1 aliphatic rings. The lowest BCUT2D eigenvalue weighted by Crippen LogP contribution is -2.51. The Kier molecular flexibility index (Phi) is 5.83. The first-order valence-electron chi connectivity index (χ1n) is 7.52. The smallest absolute Gasteiger partial charge is 0.410 e. The summed E-state index contributed by atoms with van der Waals surface area (Å²) in [5.74, 6) is 0. The molecule has 0 atom stereocenters. The highest BCUT2D eigenvalue weighted by Crippen LogP contribution is 2.13. The lowest BCUT2D eigenvalue weighted by atomic mass is 10.0. The number of nitrogens with one attached hydrogen (secondary N) is 1. The molecule has 118 valence electrons. The van der Waals surface area contributed by atoms with E-state index in [-0.39, 0.29) is 11.6 Å². The summed E-state index contributed by atoms with van der Waals surface area (Å²) in [4.78, 5) is 16.2. The van der Waals surface area contributed by atoms with Crippen molar-refractivity contribution in [3.63, 3.8) is 0 Å². The van der Waals surface area contributed by atoms with Gasteiger partial charge in [-0.05, 0) is 48.1 Å². The highest BCUT2D eigenvalue weighted by Gasteiger charge is 2.26. The van der Waals surface area contributed by atoms with Gasteiger partial charge in [-0.1, -0.05) is 0 Å². The highest BCUT2D eigenvalue weighted by atomic mass is 16.6. The van der Waals surface area contributed by atoms with Crippen molar-refractivity contribution in [2.24, 2.45) is 0 Å². The van der Waals surface area contributed by atoms with Gasteiger partial charge in [0.2, 0.25) is 0 Å². The quantitative estimate of drug-likeness (QED) is 0.857. The zero-order valence-electron chi connectivity index (χ0n) is 14.0. The summed E-state index contributed by atoms with van der Waals surface area (Å²) in [6.07, 6.45) is 0.920. The summed E-state index contributed by atoms with van der Waals surface area (Å²) in [7, 11) is 2.00. The van der Waals surface area contributed by atoms with E-state index >= 15 is 0 Å². The minimum absolute atomic E-state index is 0.169. The van der Waals surface area contributed by atoms with Crippen molar-refractivity contribution in [1.82, 2.24) is 15.1 Å². The molecule has 1 aliphatic heterocycles. The molecule has 1 amide bonds. The third-order valence-corrected chi connectivity index (χ3v) is 3.75. The summed E-state index contributed by atoms with van der Waals surface area (Å²) < 4.78 is 5.40. The first kappa shape index (κ1) is 17.2. The standard InChI is InChI=1S/C15H31N3O2/c1-14(2,3)20-13(19)18-11-9-17(10-12-18)8-7-15(4,5)16-6/h16H,7-12H2,1-6H3. The predicted octanol–water partition coefficient (Wildman–Crippen LogP) is 1.93. The molecule has 1 heterocycles. The fraction of sp³-hybridized carbons (Fsp3) is 0.933. The monoisotopic (exact) mass is 285 g/mol. The average Bonchev–Trinajstić information content (AvgIpc) is 2.35. The zero-order chi connectivity index (χ0) is 15.4. The minimum Gasteiger partial charge on any atom is -0.444 e. The van der Waals surface area contributed by atoms with E-state index in [1.54, 1.807) is 0 Å². The zero-order valence-corrected chi connectivity index (χ0v) is 14.0. The average molecular weight is 285 g/mol. The van der Waals surface area contributed by atoms with Crippen LogP contribution in [0.25, 0.3) is 0 Å². The molecule has 5 heteroatoms. The van der Waals surface area contributed by atoms with E-state index in [0.717, 1.165) is 39.1 Å². The summed E-state index contributed by atoms with van der Waals surface area (Å²) >= 11 is 0. The van der Waals surface area contributed by atoms with Crippen LogP contribution >= 0.6 is 0 Å². The number of amides is 1. The van der Waals surface area contributed by atoms with Gasteiger partial charge in [0.15, 0.2) is 0 Å². The van der Waals surface area contributed by atoms with Crippen molar-refractivity contribution >= 4 is 6.09 Å². The molecule has 1 N–H and O–H groups in total. The molecule has 0 aromatic heterocycles. The molecule has 1 fully saturated rings. The van der Waals surface area contributed by atoms with Crippen LogP contribution in [-0.2, 0) is 4.74 Å². The summed E-state index contributed by atoms with van der Waals surface area (Å²) in [5.41, 5.74) is -0.243. The van der Waals surface area contributed by atoms with Gasteiger partial charge in [-0.2, -0.15) is 0 Å².